The minimum absolute atomic E-state index is 0.158. The molecule has 7 heteroatoms. The molecule has 0 aromatic carbocycles. The van der Waals surface area contributed by atoms with Gasteiger partial charge in [0.15, 0.2) is 0 Å². The molecule has 21 heavy (non-hydrogen) atoms. The van der Waals surface area contributed by atoms with E-state index < -0.39 is 17.4 Å². The molecule has 1 N–H and O–H groups in total. The Kier molecular flexibility index (Phi) is 5.31. The maximum atomic E-state index is 12.3. The summed E-state index contributed by atoms with van der Waals surface area (Å²) in [4.78, 5) is 18.6. The van der Waals surface area contributed by atoms with E-state index in [1.54, 1.807) is 13.8 Å². The predicted molar refractivity (Wildman–Crippen MR) is 73.5 cm³/mol. The highest BCUT2D eigenvalue weighted by atomic mass is 19.4. The number of anilines is 1. The monoisotopic (exact) mass is 303 g/mol. The second kappa shape index (κ2) is 6.41. The highest BCUT2D eigenvalue weighted by Gasteiger charge is 2.34. The van der Waals surface area contributed by atoms with Gasteiger partial charge in [-0.05, 0) is 18.8 Å². The van der Waals surface area contributed by atoms with Gasteiger partial charge >= 0.3 is 6.18 Å². The van der Waals surface area contributed by atoms with E-state index in [9.17, 15) is 18.0 Å². The van der Waals surface area contributed by atoms with Gasteiger partial charge in [-0.25, -0.2) is 9.97 Å². The highest BCUT2D eigenvalue weighted by Crippen LogP contribution is 2.28. The van der Waals surface area contributed by atoms with Crippen molar-refractivity contribution in [3.63, 3.8) is 0 Å². The fourth-order valence-corrected chi connectivity index (χ4v) is 1.60. The molecule has 0 saturated carbocycles. The molecular weight excluding hydrogens is 283 g/mol. The molecule has 0 spiro atoms. The van der Waals surface area contributed by atoms with Gasteiger partial charge < -0.3 is 5.32 Å². The third kappa shape index (κ3) is 5.32. The Labute approximate surface area is 122 Å². The van der Waals surface area contributed by atoms with Crippen molar-refractivity contribution < 1.29 is 18.0 Å². The van der Waals surface area contributed by atoms with Gasteiger partial charge in [0, 0.05) is 5.41 Å². The van der Waals surface area contributed by atoms with Gasteiger partial charge in [-0.1, -0.05) is 27.7 Å². The normalized spacial score (nSPS) is 12.6. The van der Waals surface area contributed by atoms with Crippen LogP contribution in [0.2, 0.25) is 0 Å². The van der Waals surface area contributed by atoms with E-state index in [-0.39, 0.29) is 11.6 Å². The first-order valence-corrected chi connectivity index (χ1v) is 6.73. The van der Waals surface area contributed by atoms with Gasteiger partial charge in [0.2, 0.25) is 11.7 Å². The van der Waals surface area contributed by atoms with Crippen molar-refractivity contribution in [2.24, 2.45) is 11.3 Å². The first-order chi connectivity index (χ1) is 9.52. The molecular formula is C14H20F3N3O. The summed E-state index contributed by atoms with van der Waals surface area (Å²) in [6.45, 7) is 7.74. The lowest BCUT2D eigenvalue weighted by Gasteiger charge is -2.24. The van der Waals surface area contributed by atoms with E-state index in [2.05, 4.69) is 29.1 Å². The van der Waals surface area contributed by atoms with E-state index in [1.807, 2.05) is 0 Å². The van der Waals surface area contributed by atoms with Crippen LogP contribution in [0.3, 0.4) is 0 Å². The van der Waals surface area contributed by atoms with Crippen molar-refractivity contribution in [3.8, 4) is 0 Å². The fraction of sp³-hybridized carbons (Fsp3) is 0.643. The summed E-state index contributed by atoms with van der Waals surface area (Å²) < 4.78 is 37.0. The topological polar surface area (TPSA) is 54.9 Å². The van der Waals surface area contributed by atoms with Crippen molar-refractivity contribution in [1.82, 2.24) is 9.97 Å². The third-order valence-corrected chi connectivity index (χ3v) is 3.12. The SMILES string of the molecule is CC(C)CCC(C)(C)C(=O)Nc1cnc(C(F)(F)F)nc1. The lowest BCUT2D eigenvalue weighted by molar-refractivity contribution is -0.144. The van der Waals surface area contributed by atoms with Crippen LogP contribution in [0.4, 0.5) is 18.9 Å². The molecule has 4 nitrogen and oxygen atoms in total. The summed E-state index contributed by atoms with van der Waals surface area (Å²) in [5, 5.41) is 2.55. The van der Waals surface area contributed by atoms with Crippen LogP contribution in [0.25, 0.3) is 0 Å². The van der Waals surface area contributed by atoms with Crippen LogP contribution < -0.4 is 5.32 Å². The van der Waals surface area contributed by atoms with Crippen molar-refractivity contribution in [3.05, 3.63) is 18.2 Å². The van der Waals surface area contributed by atoms with Crippen molar-refractivity contribution in [1.29, 1.82) is 0 Å². The van der Waals surface area contributed by atoms with Crippen molar-refractivity contribution in [2.75, 3.05) is 5.32 Å². The zero-order valence-electron chi connectivity index (χ0n) is 12.6. The molecule has 0 aliphatic rings. The number of carbonyl (C=O) groups excluding carboxylic acids is 1. The number of nitrogens with zero attached hydrogens (tertiary/aromatic N) is 2. The standard InChI is InChI=1S/C14H20F3N3O/c1-9(2)5-6-13(3,4)12(21)20-10-7-18-11(19-8-10)14(15,16)17/h7-9H,5-6H2,1-4H3,(H,20,21). The first-order valence-electron chi connectivity index (χ1n) is 6.73. The van der Waals surface area contributed by atoms with Gasteiger partial charge in [-0.3, -0.25) is 4.79 Å². The Bertz CT molecular complexity index is 481. The minimum Gasteiger partial charge on any atom is -0.323 e. The zero-order chi connectivity index (χ0) is 16.3. The lowest BCUT2D eigenvalue weighted by atomic mass is 9.84. The van der Waals surface area contributed by atoms with E-state index in [0.717, 1.165) is 18.8 Å². The first kappa shape index (κ1) is 17.4. The van der Waals surface area contributed by atoms with Crippen molar-refractivity contribution in [2.45, 2.75) is 46.7 Å². The Balaban J connectivity index is 2.70. The number of aromatic nitrogens is 2. The van der Waals surface area contributed by atoms with Crippen LogP contribution >= 0.6 is 0 Å². The smallest absolute Gasteiger partial charge is 0.323 e. The summed E-state index contributed by atoms with van der Waals surface area (Å²) in [5.74, 6) is -1.00. The van der Waals surface area contributed by atoms with Gasteiger partial charge in [0.25, 0.3) is 0 Å². The second-order valence-corrected chi connectivity index (χ2v) is 6.06. The van der Waals surface area contributed by atoms with Crippen LogP contribution in [-0.2, 0) is 11.0 Å². The number of hydrogen-bond acceptors (Lipinski definition) is 3. The molecule has 0 atom stereocenters. The number of nitrogens with one attached hydrogen (secondary N) is 1. The zero-order valence-corrected chi connectivity index (χ0v) is 12.6. The van der Waals surface area contributed by atoms with Crippen LogP contribution in [-0.4, -0.2) is 15.9 Å². The van der Waals surface area contributed by atoms with E-state index in [4.69, 9.17) is 0 Å². The number of rotatable bonds is 5. The van der Waals surface area contributed by atoms with Gasteiger partial charge in [-0.15, -0.1) is 0 Å². The molecule has 1 aromatic rings. The summed E-state index contributed by atoms with van der Waals surface area (Å²) in [6, 6.07) is 0. The van der Waals surface area contributed by atoms with E-state index >= 15 is 0 Å². The second-order valence-electron chi connectivity index (χ2n) is 6.06. The van der Waals surface area contributed by atoms with Crippen LogP contribution in [0.15, 0.2) is 12.4 Å². The average molecular weight is 303 g/mol. The molecule has 1 amide bonds. The molecule has 1 heterocycles. The minimum atomic E-state index is -4.58. The maximum absolute atomic E-state index is 12.3. The number of carbonyl (C=O) groups is 1. The Morgan fingerprint density at radius 2 is 1.76 bits per heavy atom. The molecule has 1 aromatic heterocycles. The van der Waals surface area contributed by atoms with Crippen LogP contribution in [0.1, 0.15) is 46.4 Å². The molecule has 1 rings (SSSR count). The quantitative estimate of drug-likeness (QED) is 0.897. The van der Waals surface area contributed by atoms with E-state index in [0.29, 0.717) is 12.3 Å². The summed E-state index contributed by atoms with van der Waals surface area (Å²) in [7, 11) is 0. The summed E-state index contributed by atoms with van der Waals surface area (Å²) in [6.07, 6.45) is -1.07. The van der Waals surface area contributed by atoms with Crippen molar-refractivity contribution >= 4 is 11.6 Å². The molecule has 0 aliphatic carbocycles. The molecule has 0 bridgehead atoms. The average Bonchev–Trinajstić information content (AvgIpc) is 2.36. The fourth-order valence-electron chi connectivity index (χ4n) is 1.60. The van der Waals surface area contributed by atoms with Gasteiger partial charge in [0.05, 0.1) is 18.1 Å². The lowest BCUT2D eigenvalue weighted by Crippen LogP contribution is -2.31. The Hall–Kier alpha value is -1.66. The molecule has 0 fully saturated rings. The number of alkyl halides is 3. The molecule has 0 radical (unpaired) electrons. The van der Waals surface area contributed by atoms with E-state index in [1.165, 1.54) is 0 Å². The number of hydrogen-bond donors (Lipinski definition) is 1. The summed E-state index contributed by atoms with van der Waals surface area (Å²) in [5.41, 5.74) is -0.446. The highest BCUT2D eigenvalue weighted by molar-refractivity contribution is 5.94. The van der Waals surface area contributed by atoms with Crippen LogP contribution in [0.5, 0.6) is 0 Å². The Morgan fingerprint density at radius 1 is 1.24 bits per heavy atom. The van der Waals surface area contributed by atoms with Gasteiger partial charge in [-0.2, -0.15) is 13.2 Å². The Morgan fingerprint density at radius 3 is 2.19 bits per heavy atom. The number of amides is 1. The molecule has 0 saturated heterocycles. The maximum Gasteiger partial charge on any atom is 0.451 e. The predicted octanol–water partition coefficient (Wildman–Crippen LogP) is 3.90. The van der Waals surface area contributed by atoms with Gasteiger partial charge in [0.1, 0.15) is 0 Å². The largest absolute Gasteiger partial charge is 0.451 e. The molecule has 0 unspecified atom stereocenters. The third-order valence-electron chi connectivity index (χ3n) is 3.12. The molecule has 118 valence electrons. The molecule has 0 aliphatic heterocycles. The van der Waals surface area contributed by atoms with Crippen LogP contribution in [0, 0.1) is 11.3 Å². The summed E-state index contributed by atoms with van der Waals surface area (Å²) >= 11 is 0. The number of halogens is 3.